The van der Waals surface area contributed by atoms with Gasteiger partial charge < -0.3 is 10.4 Å². The molecule has 0 saturated heterocycles. The molecule has 16 heavy (non-hydrogen) atoms. The molecule has 88 valence electrons. The Morgan fingerprint density at radius 2 is 2.19 bits per heavy atom. The molecule has 0 bridgehead atoms. The van der Waals surface area contributed by atoms with Gasteiger partial charge in [-0.05, 0) is 19.0 Å². The molecule has 0 amide bonds. The second-order valence-corrected chi connectivity index (χ2v) is 4.64. The Labute approximate surface area is 96.5 Å². The van der Waals surface area contributed by atoms with Gasteiger partial charge in [-0.3, -0.25) is 4.79 Å². The Balaban J connectivity index is 2.73. The molecule has 0 heterocycles. The minimum absolute atomic E-state index is 0.0383. The average Bonchev–Trinajstić information content (AvgIpc) is 2.36. The highest BCUT2D eigenvalue weighted by Crippen LogP contribution is 2.23. The quantitative estimate of drug-likeness (QED) is 0.764. The first-order valence-electron chi connectivity index (χ1n) is 5.42. The summed E-state index contributed by atoms with van der Waals surface area (Å²) >= 11 is 0. The van der Waals surface area contributed by atoms with Gasteiger partial charge in [-0.15, -0.1) is 0 Å². The third-order valence-electron chi connectivity index (χ3n) is 2.65. The van der Waals surface area contributed by atoms with E-state index in [1.807, 2.05) is 18.2 Å². The van der Waals surface area contributed by atoms with Crippen LogP contribution < -0.4 is 5.32 Å². The summed E-state index contributed by atoms with van der Waals surface area (Å²) in [7, 11) is 1.67. The minimum Gasteiger partial charge on any atom is -0.480 e. The summed E-state index contributed by atoms with van der Waals surface area (Å²) in [6.45, 7) is 4.23. The molecule has 0 aliphatic heterocycles. The fraction of sp³-hybridized carbons (Fsp3) is 0.462. The lowest BCUT2D eigenvalue weighted by Gasteiger charge is -2.13. The smallest absolute Gasteiger partial charge is 0.321 e. The van der Waals surface area contributed by atoms with Crippen molar-refractivity contribution in [1.82, 2.24) is 5.32 Å². The number of carboxylic acids is 1. The lowest BCUT2D eigenvalue weighted by Crippen LogP contribution is -2.33. The monoisotopic (exact) mass is 221 g/mol. The van der Waals surface area contributed by atoms with Gasteiger partial charge in [0, 0.05) is 5.41 Å². The molecule has 0 aromatic heterocycles. The largest absolute Gasteiger partial charge is 0.480 e. The number of hydrogen-bond acceptors (Lipinski definition) is 2. The maximum atomic E-state index is 10.9. The van der Waals surface area contributed by atoms with Gasteiger partial charge in [0.1, 0.15) is 6.04 Å². The van der Waals surface area contributed by atoms with E-state index in [1.54, 1.807) is 7.05 Å². The highest BCUT2D eigenvalue weighted by molar-refractivity contribution is 5.74. The number of aliphatic carboxylic acids is 1. The van der Waals surface area contributed by atoms with Crippen molar-refractivity contribution in [2.75, 3.05) is 7.05 Å². The predicted molar refractivity (Wildman–Crippen MR) is 65.2 cm³/mol. The Kier molecular flexibility index (Phi) is 4.07. The van der Waals surface area contributed by atoms with Crippen LogP contribution in [-0.4, -0.2) is 24.2 Å². The Morgan fingerprint density at radius 3 is 2.75 bits per heavy atom. The van der Waals surface area contributed by atoms with Crippen LogP contribution in [0.5, 0.6) is 0 Å². The van der Waals surface area contributed by atoms with Gasteiger partial charge in [-0.2, -0.15) is 0 Å². The number of likely N-dealkylation sites (N-methyl/N-ethyl adjacent to an activating group) is 1. The third kappa shape index (κ3) is 3.66. The van der Waals surface area contributed by atoms with E-state index in [4.69, 9.17) is 5.11 Å². The van der Waals surface area contributed by atoms with Crippen LogP contribution in [-0.2, 0) is 4.79 Å². The van der Waals surface area contributed by atoms with E-state index in [1.165, 1.54) is 0 Å². The molecule has 3 heteroatoms. The zero-order chi connectivity index (χ0) is 12.2. The van der Waals surface area contributed by atoms with E-state index >= 15 is 0 Å². The minimum atomic E-state index is -0.815. The maximum absolute atomic E-state index is 10.9. The summed E-state index contributed by atoms with van der Waals surface area (Å²) in [4.78, 5) is 10.9. The standard InChI is InChI=1S/C13H19NO2/c1-13(2)7-4-5-10(6-8-13)9-11(14-3)12(15)16/h4-8,11,14H,9H2,1-3H3,(H,15,16). The first kappa shape index (κ1) is 12.7. The number of rotatable bonds is 4. The average molecular weight is 221 g/mol. The number of nitrogens with one attached hydrogen (secondary N) is 1. The zero-order valence-electron chi connectivity index (χ0n) is 10.0. The molecule has 0 spiro atoms. The van der Waals surface area contributed by atoms with Crippen molar-refractivity contribution in [2.24, 2.45) is 5.41 Å². The first-order chi connectivity index (χ1) is 7.44. The molecule has 0 radical (unpaired) electrons. The van der Waals surface area contributed by atoms with Gasteiger partial charge in [-0.25, -0.2) is 0 Å². The van der Waals surface area contributed by atoms with Crippen molar-refractivity contribution >= 4 is 5.97 Å². The highest BCUT2D eigenvalue weighted by atomic mass is 16.4. The molecule has 3 nitrogen and oxygen atoms in total. The summed E-state index contributed by atoms with van der Waals surface area (Å²) in [5.41, 5.74) is 1.07. The second kappa shape index (κ2) is 5.12. The molecule has 1 atom stereocenters. The summed E-state index contributed by atoms with van der Waals surface area (Å²) in [6, 6.07) is -0.523. The number of hydrogen-bond donors (Lipinski definition) is 2. The van der Waals surface area contributed by atoms with Crippen LogP contribution in [0.1, 0.15) is 20.3 Å². The van der Waals surface area contributed by atoms with E-state index in [0.717, 1.165) is 5.57 Å². The van der Waals surface area contributed by atoms with Gasteiger partial charge in [-0.1, -0.05) is 44.2 Å². The van der Waals surface area contributed by atoms with Crippen molar-refractivity contribution in [3.63, 3.8) is 0 Å². The van der Waals surface area contributed by atoms with Crippen molar-refractivity contribution in [3.05, 3.63) is 36.0 Å². The highest BCUT2D eigenvalue weighted by Gasteiger charge is 2.17. The van der Waals surface area contributed by atoms with Gasteiger partial charge in [0.25, 0.3) is 0 Å². The molecule has 0 fully saturated rings. The molecule has 1 rings (SSSR count). The molecule has 1 aliphatic rings. The van der Waals surface area contributed by atoms with Crippen LogP contribution >= 0.6 is 0 Å². The van der Waals surface area contributed by atoms with Crippen LogP contribution in [0.4, 0.5) is 0 Å². The Hall–Kier alpha value is -1.35. The van der Waals surface area contributed by atoms with E-state index in [-0.39, 0.29) is 5.41 Å². The van der Waals surface area contributed by atoms with Crippen molar-refractivity contribution in [3.8, 4) is 0 Å². The van der Waals surface area contributed by atoms with E-state index in [0.29, 0.717) is 6.42 Å². The first-order valence-corrected chi connectivity index (χ1v) is 5.42. The zero-order valence-corrected chi connectivity index (χ0v) is 10.0. The Morgan fingerprint density at radius 1 is 1.50 bits per heavy atom. The molecule has 1 aliphatic carbocycles. The maximum Gasteiger partial charge on any atom is 0.321 e. The number of carbonyl (C=O) groups is 1. The summed E-state index contributed by atoms with van der Waals surface area (Å²) in [5.74, 6) is -0.815. The van der Waals surface area contributed by atoms with Gasteiger partial charge in [0.05, 0.1) is 0 Å². The molecular formula is C13H19NO2. The lowest BCUT2D eigenvalue weighted by atomic mass is 9.93. The van der Waals surface area contributed by atoms with Gasteiger partial charge in [0.15, 0.2) is 0 Å². The van der Waals surface area contributed by atoms with Crippen molar-refractivity contribution in [2.45, 2.75) is 26.3 Å². The van der Waals surface area contributed by atoms with Crippen LogP contribution in [0, 0.1) is 5.41 Å². The SMILES string of the molecule is CNC(CC1=CC=CC(C)(C)C=C1)C(=O)O. The fourth-order valence-electron chi connectivity index (χ4n) is 1.54. The topological polar surface area (TPSA) is 49.3 Å². The van der Waals surface area contributed by atoms with E-state index in [9.17, 15) is 4.79 Å². The van der Waals surface area contributed by atoms with Crippen LogP contribution in [0.15, 0.2) is 36.0 Å². The van der Waals surface area contributed by atoms with Crippen molar-refractivity contribution in [1.29, 1.82) is 0 Å². The van der Waals surface area contributed by atoms with Crippen LogP contribution in [0.3, 0.4) is 0 Å². The summed E-state index contributed by atoms with van der Waals surface area (Å²) < 4.78 is 0. The number of allylic oxidation sites excluding steroid dienone is 5. The molecular weight excluding hydrogens is 202 g/mol. The second-order valence-electron chi connectivity index (χ2n) is 4.64. The number of carboxylic acid groups (broad SMARTS) is 1. The normalized spacial score (nSPS) is 20.1. The van der Waals surface area contributed by atoms with E-state index in [2.05, 4.69) is 31.3 Å². The summed E-state index contributed by atoms with van der Waals surface area (Å²) in [5, 5.41) is 11.7. The molecule has 0 aromatic rings. The molecule has 0 saturated carbocycles. The molecule has 0 aromatic carbocycles. The predicted octanol–water partition coefficient (Wildman–Crippen LogP) is 2.13. The summed E-state index contributed by atoms with van der Waals surface area (Å²) in [6.07, 6.45) is 10.7. The van der Waals surface area contributed by atoms with Gasteiger partial charge >= 0.3 is 5.97 Å². The Bertz CT molecular complexity index is 351. The third-order valence-corrected chi connectivity index (χ3v) is 2.65. The van der Waals surface area contributed by atoms with E-state index < -0.39 is 12.0 Å². The van der Waals surface area contributed by atoms with Crippen LogP contribution in [0.2, 0.25) is 0 Å². The van der Waals surface area contributed by atoms with Gasteiger partial charge in [0.2, 0.25) is 0 Å². The lowest BCUT2D eigenvalue weighted by molar-refractivity contribution is -0.139. The fourth-order valence-corrected chi connectivity index (χ4v) is 1.54. The molecule has 2 N–H and O–H groups in total. The van der Waals surface area contributed by atoms with Crippen LogP contribution in [0.25, 0.3) is 0 Å². The molecule has 1 unspecified atom stereocenters. The van der Waals surface area contributed by atoms with Crippen molar-refractivity contribution < 1.29 is 9.90 Å².